The van der Waals surface area contributed by atoms with Gasteiger partial charge in [0.25, 0.3) is 5.91 Å². The molecule has 0 spiro atoms. The molecule has 2 aromatic carbocycles. The van der Waals surface area contributed by atoms with Crippen LogP contribution in [-0.2, 0) is 14.8 Å². The van der Waals surface area contributed by atoms with E-state index in [1.54, 1.807) is 30.3 Å². The summed E-state index contributed by atoms with van der Waals surface area (Å²) < 4.78 is 22.5. The van der Waals surface area contributed by atoms with Gasteiger partial charge in [0, 0.05) is 0 Å². The quantitative estimate of drug-likeness (QED) is 0.820. The van der Waals surface area contributed by atoms with Crippen LogP contribution in [0.25, 0.3) is 0 Å². The highest BCUT2D eigenvalue weighted by atomic mass is 32.2. The van der Waals surface area contributed by atoms with Crippen LogP contribution < -0.4 is 10.1 Å². The number of nitrogens with two attached hydrogens (primary N) is 1. The summed E-state index contributed by atoms with van der Waals surface area (Å²) in [5.74, 6) is -0.502. The van der Waals surface area contributed by atoms with Gasteiger partial charge in [-0.3, -0.25) is 4.79 Å². The molecule has 1 amide bonds. The van der Waals surface area contributed by atoms with Crippen molar-refractivity contribution in [1.82, 2.24) is 0 Å². The van der Waals surface area contributed by atoms with Crippen molar-refractivity contribution in [3.8, 4) is 6.07 Å². The van der Waals surface area contributed by atoms with Crippen LogP contribution in [0, 0.1) is 11.3 Å². The third kappa shape index (κ3) is 3.49. The van der Waals surface area contributed by atoms with Gasteiger partial charge in [-0.1, -0.05) is 18.2 Å². The summed E-state index contributed by atoms with van der Waals surface area (Å²) in [4.78, 5) is 12.4. The van der Waals surface area contributed by atoms with Gasteiger partial charge >= 0.3 is 0 Å². The number of anilines is 1. The van der Waals surface area contributed by atoms with E-state index in [0.29, 0.717) is 11.4 Å². The highest BCUT2D eigenvalue weighted by molar-refractivity contribution is 7.89. The molecule has 1 heterocycles. The number of para-hydroxylation sites is 1. The fourth-order valence-corrected chi connectivity index (χ4v) is 2.73. The fraction of sp³-hybridized carbons (Fsp3) is 0.0625. The molecule has 0 aromatic heterocycles. The lowest BCUT2D eigenvalue weighted by Crippen LogP contribution is -2.30. The average Bonchev–Trinajstić information content (AvgIpc) is 2.96. The molecular weight excluding hydrogens is 356 g/mol. The number of nitrogens with zero attached hydrogens (tertiary/aromatic N) is 5. The summed E-state index contributed by atoms with van der Waals surface area (Å²) in [5.41, 5.74) is 0.741. The number of nitriles is 1. The first-order valence-corrected chi connectivity index (χ1v) is 8.86. The van der Waals surface area contributed by atoms with Crippen molar-refractivity contribution in [2.24, 2.45) is 20.5 Å². The molecule has 130 valence electrons. The molecule has 2 N–H and O–H groups in total. The molecule has 0 radical (unpaired) electrons. The molecule has 1 atom stereocenters. The molecule has 0 fully saturated rings. The van der Waals surface area contributed by atoms with Gasteiger partial charge in [-0.05, 0) is 36.4 Å². The summed E-state index contributed by atoms with van der Waals surface area (Å²) >= 11 is 0. The Morgan fingerprint density at radius 3 is 2.35 bits per heavy atom. The van der Waals surface area contributed by atoms with Gasteiger partial charge in [-0.15, -0.1) is 0 Å². The minimum Gasteiger partial charge on any atom is -0.269 e. The molecule has 1 unspecified atom stereocenters. The van der Waals surface area contributed by atoms with Crippen molar-refractivity contribution in [2.45, 2.75) is 10.9 Å². The Morgan fingerprint density at radius 1 is 1.12 bits per heavy atom. The van der Waals surface area contributed by atoms with Crippen molar-refractivity contribution >= 4 is 33.0 Å². The Balaban J connectivity index is 1.83. The molecule has 26 heavy (non-hydrogen) atoms. The summed E-state index contributed by atoms with van der Waals surface area (Å²) in [7, 11) is -3.80. The molecule has 0 aliphatic carbocycles. The van der Waals surface area contributed by atoms with E-state index in [2.05, 4.69) is 15.3 Å². The van der Waals surface area contributed by atoms with E-state index in [0.717, 1.165) is 5.01 Å². The Bertz CT molecular complexity index is 1040. The van der Waals surface area contributed by atoms with Crippen LogP contribution >= 0.6 is 0 Å². The van der Waals surface area contributed by atoms with Crippen LogP contribution in [0.4, 0.5) is 11.4 Å². The second-order valence-electron chi connectivity index (χ2n) is 5.24. The molecule has 9 nitrogen and oxygen atoms in total. The SMILES string of the molecule is N#CC1=NN(c2ccccc2)C(=O)C1N=Nc1ccc(S(N)(=O)=O)cc1. The number of carbonyl (C=O) groups is 1. The molecule has 2 aromatic rings. The third-order valence-electron chi connectivity index (χ3n) is 3.48. The number of sulfonamides is 1. The maximum atomic E-state index is 12.5. The summed E-state index contributed by atoms with van der Waals surface area (Å²) in [5, 5.41) is 27.1. The fourth-order valence-electron chi connectivity index (χ4n) is 2.21. The van der Waals surface area contributed by atoms with Gasteiger partial charge < -0.3 is 0 Å². The first kappa shape index (κ1) is 17.4. The van der Waals surface area contributed by atoms with Crippen LogP contribution in [0.1, 0.15) is 0 Å². The van der Waals surface area contributed by atoms with Gasteiger partial charge in [-0.2, -0.15) is 25.6 Å². The van der Waals surface area contributed by atoms with Crippen LogP contribution in [0.15, 0.2) is 74.8 Å². The number of rotatable bonds is 4. The monoisotopic (exact) mass is 368 g/mol. The number of benzene rings is 2. The van der Waals surface area contributed by atoms with Crippen molar-refractivity contribution in [3.05, 3.63) is 54.6 Å². The molecule has 1 aliphatic heterocycles. The Morgan fingerprint density at radius 2 is 1.77 bits per heavy atom. The number of hydrazone groups is 1. The second kappa shape index (κ2) is 6.83. The Kier molecular flexibility index (Phi) is 4.57. The zero-order valence-electron chi connectivity index (χ0n) is 13.2. The van der Waals surface area contributed by atoms with Crippen molar-refractivity contribution in [2.75, 3.05) is 5.01 Å². The number of primary sulfonamides is 1. The van der Waals surface area contributed by atoms with E-state index in [1.807, 2.05) is 6.07 Å². The van der Waals surface area contributed by atoms with Crippen LogP contribution in [0.2, 0.25) is 0 Å². The van der Waals surface area contributed by atoms with Crippen LogP contribution in [-0.4, -0.2) is 26.1 Å². The first-order chi connectivity index (χ1) is 12.4. The highest BCUT2D eigenvalue weighted by Crippen LogP contribution is 2.23. The highest BCUT2D eigenvalue weighted by Gasteiger charge is 2.37. The number of amides is 1. The predicted octanol–water partition coefficient (Wildman–Crippen LogP) is 1.71. The van der Waals surface area contributed by atoms with Gasteiger partial charge in [-0.25, -0.2) is 13.6 Å². The molecule has 3 rings (SSSR count). The minimum atomic E-state index is -3.80. The molecular formula is C16H12N6O3S. The number of azo groups is 1. The molecule has 0 saturated heterocycles. The third-order valence-corrected chi connectivity index (χ3v) is 4.41. The molecule has 0 saturated carbocycles. The summed E-state index contributed by atoms with van der Waals surface area (Å²) in [6, 6.07) is 14.7. The van der Waals surface area contributed by atoms with E-state index in [9.17, 15) is 18.5 Å². The Labute approximate surface area is 149 Å². The van der Waals surface area contributed by atoms with Crippen molar-refractivity contribution in [3.63, 3.8) is 0 Å². The second-order valence-corrected chi connectivity index (χ2v) is 6.80. The lowest BCUT2D eigenvalue weighted by molar-refractivity contribution is -0.117. The molecule has 0 bridgehead atoms. The summed E-state index contributed by atoms with van der Waals surface area (Å²) in [6.07, 6.45) is 0. The minimum absolute atomic E-state index is 0.0667. The van der Waals surface area contributed by atoms with Crippen LogP contribution in [0.5, 0.6) is 0 Å². The average molecular weight is 368 g/mol. The van der Waals surface area contributed by atoms with Gasteiger partial charge in [0.2, 0.25) is 16.1 Å². The normalized spacial score (nSPS) is 17.4. The smallest absolute Gasteiger partial charge is 0.269 e. The van der Waals surface area contributed by atoms with E-state index in [1.165, 1.54) is 24.3 Å². The number of carbonyl (C=O) groups excluding carboxylic acids is 1. The zero-order valence-corrected chi connectivity index (χ0v) is 14.0. The van der Waals surface area contributed by atoms with E-state index >= 15 is 0 Å². The maximum absolute atomic E-state index is 12.5. The van der Waals surface area contributed by atoms with Gasteiger partial charge in [0.1, 0.15) is 6.07 Å². The topological polar surface area (TPSA) is 141 Å². The van der Waals surface area contributed by atoms with Crippen LogP contribution in [0.3, 0.4) is 0 Å². The lowest BCUT2D eigenvalue weighted by atomic mass is 10.2. The van der Waals surface area contributed by atoms with Crippen molar-refractivity contribution in [1.29, 1.82) is 5.26 Å². The van der Waals surface area contributed by atoms with Gasteiger partial charge in [0.15, 0.2) is 5.71 Å². The van der Waals surface area contributed by atoms with E-state index in [-0.39, 0.29) is 10.6 Å². The first-order valence-electron chi connectivity index (χ1n) is 7.31. The van der Waals surface area contributed by atoms with E-state index in [4.69, 9.17) is 5.14 Å². The maximum Gasteiger partial charge on any atom is 0.281 e. The zero-order chi connectivity index (χ0) is 18.7. The number of hydrogen-bond donors (Lipinski definition) is 1. The standard InChI is InChI=1S/C16H12N6O3S/c17-10-14-15(16(23)22(21-14)12-4-2-1-3-5-12)20-19-11-6-8-13(9-7-11)26(18,24)25/h1-9,15H,(H2,18,24,25). The predicted molar refractivity (Wildman–Crippen MR) is 93.1 cm³/mol. The van der Waals surface area contributed by atoms with Crippen molar-refractivity contribution < 1.29 is 13.2 Å². The summed E-state index contributed by atoms with van der Waals surface area (Å²) in [6.45, 7) is 0. The van der Waals surface area contributed by atoms with E-state index < -0.39 is 22.0 Å². The Hall–Kier alpha value is -3.42. The van der Waals surface area contributed by atoms with Gasteiger partial charge in [0.05, 0.1) is 16.3 Å². The largest absolute Gasteiger partial charge is 0.281 e. The lowest BCUT2D eigenvalue weighted by Gasteiger charge is -2.11. The molecule has 10 heteroatoms. The number of hydrogen-bond acceptors (Lipinski definition) is 7. The molecule has 1 aliphatic rings.